The molecule has 0 fully saturated rings. The molecule has 5 rings (SSSR count). The molecule has 0 aliphatic heterocycles. The molecule has 0 atom stereocenters. The lowest BCUT2D eigenvalue weighted by molar-refractivity contribution is 0.483. The Bertz CT molecular complexity index is 1530. The third-order valence-electron chi connectivity index (χ3n) is 6.57. The van der Waals surface area contributed by atoms with Gasteiger partial charge in [-0.05, 0) is 77.4 Å². The third-order valence-corrected chi connectivity index (χ3v) is 6.57. The molecule has 2 aromatic heterocycles. The van der Waals surface area contributed by atoms with Crippen LogP contribution in [-0.4, -0.2) is 19.9 Å². The Morgan fingerprint density at radius 1 is 0.632 bits per heavy atom. The number of benzene rings is 3. The minimum atomic E-state index is 0.422. The van der Waals surface area contributed by atoms with Crippen LogP contribution in [0.25, 0.3) is 33.8 Å². The number of nitrogens with zero attached hydrogens (tertiary/aromatic N) is 4. The minimum Gasteiger partial charge on any atom is -0.457 e. The van der Waals surface area contributed by atoms with E-state index in [1.165, 1.54) is 34.9 Å². The van der Waals surface area contributed by atoms with E-state index in [4.69, 9.17) is 9.72 Å². The smallest absolute Gasteiger partial charge is 0.162 e. The first kappa shape index (κ1) is 25.3. The van der Waals surface area contributed by atoms with Crippen molar-refractivity contribution in [3.63, 3.8) is 0 Å². The van der Waals surface area contributed by atoms with E-state index >= 15 is 0 Å². The molecule has 0 radical (unpaired) electrons. The minimum absolute atomic E-state index is 0.422. The summed E-state index contributed by atoms with van der Waals surface area (Å²) in [6, 6.07) is 26.9. The van der Waals surface area contributed by atoms with E-state index in [2.05, 4.69) is 86.0 Å². The Labute approximate surface area is 224 Å². The van der Waals surface area contributed by atoms with Gasteiger partial charge in [0.2, 0.25) is 0 Å². The lowest BCUT2D eigenvalue weighted by atomic mass is 9.84. The summed E-state index contributed by atoms with van der Waals surface area (Å²) in [5, 5.41) is 0. The number of aromatic nitrogens is 4. The van der Waals surface area contributed by atoms with Gasteiger partial charge in [0.05, 0.1) is 5.69 Å². The van der Waals surface area contributed by atoms with Crippen LogP contribution >= 0.6 is 0 Å². The van der Waals surface area contributed by atoms with Gasteiger partial charge in [-0.3, -0.25) is 4.98 Å². The number of pyridine rings is 1. The van der Waals surface area contributed by atoms with Crippen molar-refractivity contribution in [2.45, 2.75) is 46.5 Å². The fraction of sp³-hybridized carbons (Fsp3) is 0.212. The SMILES string of the molecule is Cc1cc(-c2c(C(C)C)cccc2C(C)C)cc(-c2cccc(Oc3cccc(-c4ncncn4)c3)c2)n1. The van der Waals surface area contributed by atoms with Crippen LogP contribution < -0.4 is 4.74 Å². The van der Waals surface area contributed by atoms with Crippen LogP contribution in [0.1, 0.15) is 56.4 Å². The number of hydrogen-bond acceptors (Lipinski definition) is 5. The van der Waals surface area contributed by atoms with Crippen LogP contribution in [0.4, 0.5) is 0 Å². The zero-order valence-electron chi connectivity index (χ0n) is 22.5. The summed E-state index contributed by atoms with van der Waals surface area (Å²) in [7, 11) is 0. The van der Waals surface area contributed by atoms with Crippen molar-refractivity contribution >= 4 is 0 Å². The molecule has 5 nitrogen and oxygen atoms in total. The zero-order chi connectivity index (χ0) is 26.6. The van der Waals surface area contributed by atoms with Crippen molar-refractivity contribution in [2.24, 2.45) is 0 Å². The van der Waals surface area contributed by atoms with E-state index in [9.17, 15) is 0 Å². The first-order valence-corrected chi connectivity index (χ1v) is 13.0. The first-order valence-electron chi connectivity index (χ1n) is 13.0. The molecule has 2 heterocycles. The highest BCUT2D eigenvalue weighted by atomic mass is 16.5. The molecule has 0 amide bonds. The van der Waals surface area contributed by atoms with E-state index in [0.29, 0.717) is 23.4 Å². The van der Waals surface area contributed by atoms with Crippen LogP contribution in [0.2, 0.25) is 0 Å². The van der Waals surface area contributed by atoms with Crippen molar-refractivity contribution in [2.75, 3.05) is 0 Å². The molecule has 38 heavy (non-hydrogen) atoms. The second-order valence-electron chi connectivity index (χ2n) is 10.1. The average Bonchev–Trinajstić information content (AvgIpc) is 2.93. The normalized spacial score (nSPS) is 11.2. The maximum absolute atomic E-state index is 6.25. The van der Waals surface area contributed by atoms with Crippen molar-refractivity contribution in [1.82, 2.24) is 19.9 Å². The van der Waals surface area contributed by atoms with Crippen LogP contribution in [0.5, 0.6) is 11.5 Å². The summed E-state index contributed by atoms with van der Waals surface area (Å²) >= 11 is 0. The molecule has 0 bridgehead atoms. The van der Waals surface area contributed by atoms with Gasteiger partial charge in [0.15, 0.2) is 5.82 Å². The predicted molar refractivity (Wildman–Crippen MR) is 153 cm³/mol. The van der Waals surface area contributed by atoms with Gasteiger partial charge in [0.25, 0.3) is 0 Å². The summed E-state index contributed by atoms with van der Waals surface area (Å²) in [5.74, 6) is 2.91. The van der Waals surface area contributed by atoms with E-state index in [1.54, 1.807) is 0 Å². The second-order valence-corrected chi connectivity index (χ2v) is 10.1. The Kier molecular flexibility index (Phi) is 7.27. The number of rotatable bonds is 7. The summed E-state index contributed by atoms with van der Waals surface area (Å²) in [6.07, 6.45) is 2.98. The standard InChI is InChI=1S/C33H32N4O/c1-21(2)29-13-8-14-30(22(3)4)32(29)26-15-23(5)37-31(18-26)24-9-6-11-27(16-24)38-28-12-7-10-25(17-28)33-35-19-34-20-36-33/h6-22H,1-5H3. The predicted octanol–water partition coefficient (Wildman–Crippen LogP) is 8.62. The van der Waals surface area contributed by atoms with E-state index in [-0.39, 0.29) is 0 Å². The number of ether oxygens (including phenoxy) is 1. The van der Waals surface area contributed by atoms with Gasteiger partial charge < -0.3 is 4.74 Å². The van der Waals surface area contributed by atoms with E-state index in [1.807, 2.05) is 42.5 Å². The van der Waals surface area contributed by atoms with Gasteiger partial charge in [-0.1, -0.05) is 70.2 Å². The summed E-state index contributed by atoms with van der Waals surface area (Å²) in [6.45, 7) is 11.1. The van der Waals surface area contributed by atoms with Gasteiger partial charge >= 0.3 is 0 Å². The highest BCUT2D eigenvalue weighted by Gasteiger charge is 2.17. The molecule has 0 spiro atoms. The van der Waals surface area contributed by atoms with Crippen molar-refractivity contribution in [3.8, 4) is 45.3 Å². The fourth-order valence-corrected chi connectivity index (χ4v) is 4.79. The topological polar surface area (TPSA) is 60.8 Å². The molecule has 5 heteroatoms. The summed E-state index contributed by atoms with van der Waals surface area (Å²) < 4.78 is 6.25. The molecule has 0 saturated heterocycles. The lowest BCUT2D eigenvalue weighted by Crippen LogP contribution is -2.01. The fourth-order valence-electron chi connectivity index (χ4n) is 4.79. The molecule has 0 aliphatic carbocycles. The molecule has 3 aromatic carbocycles. The Morgan fingerprint density at radius 2 is 1.21 bits per heavy atom. The third kappa shape index (κ3) is 5.47. The number of aryl methyl sites for hydroxylation is 1. The highest BCUT2D eigenvalue weighted by molar-refractivity contribution is 5.77. The van der Waals surface area contributed by atoms with Gasteiger partial charge in [0, 0.05) is 16.8 Å². The lowest BCUT2D eigenvalue weighted by Gasteiger charge is -2.21. The molecule has 0 N–H and O–H groups in total. The molecular formula is C33H32N4O. The monoisotopic (exact) mass is 500 g/mol. The van der Waals surface area contributed by atoms with E-state index in [0.717, 1.165) is 28.3 Å². The Morgan fingerprint density at radius 3 is 1.84 bits per heavy atom. The molecular weight excluding hydrogens is 468 g/mol. The van der Waals surface area contributed by atoms with Crippen LogP contribution in [0.3, 0.4) is 0 Å². The maximum atomic E-state index is 6.25. The van der Waals surface area contributed by atoms with Crippen LogP contribution in [0, 0.1) is 6.92 Å². The van der Waals surface area contributed by atoms with Gasteiger partial charge in [0.1, 0.15) is 24.2 Å². The van der Waals surface area contributed by atoms with Gasteiger partial charge in [-0.15, -0.1) is 0 Å². The summed E-state index contributed by atoms with van der Waals surface area (Å²) in [4.78, 5) is 17.3. The average molecular weight is 501 g/mol. The molecule has 190 valence electrons. The molecule has 0 aliphatic rings. The zero-order valence-corrected chi connectivity index (χ0v) is 22.5. The van der Waals surface area contributed by atoms with Crippen molar-refractivity contribution in [1.29, 1.82) is 0 Å². The van der Waals surface area contributed by atoms with Crippen molar-refractivity contribution < 1.29 is 4.74 Å². The molecule has 5 aromatic rings. The Balaban J connectivity index is 1.51. The summed E-state index contributed by atoms with van der Waals surface area (Å²) in [5.41, 5.74) is 9.05. The second kappa shape index (κ2) is 10.9. The largest absolute Gasteiger partial charge is 0.457 e. The van der Waals surface area contributed by atoms with Gasteiger partial charge in [-0.25, -0.2) is 15.0 Å². The molecule has 0 unspecified atom stereocenters. The number of hydrogen-bond donors (Lipinski definition) is 0. The molecule has 0 saturated carbocycles. The maximum Gasteiger partial charge on any atom is 0.162 e. The van der Waals surface area contributed by atoms with E-state index < -0.39 is 0 Å². The first-order chi connectivity index (χ1) is 18.4. The Hall–Kier alpha value is -4.38. The quantitative estimate of drug-likeness (QED) is 0.224. The van der Waals surface area contributed by atoms with Gasteiger partial charge in [-0.2, -0.15) is 0 Å². The van der Waals surface area contributed by atoms with Crippen molar-refractivity contribution in [3.05, 3.63) is 108 Å². The van der Waals surface area contributed by atoms with Crippen LogP contribution in [0.15, 0.2) is 91.5 Å². The van der Waals surface area contributed by atoms with Crippen LogP contribution in [-0.2, 0) is 0 Å². The highest BCUT2D eigenvalue weighted by Crippen LogP contribution is 2.38.